The number of aromatic nitrogens is 1. The van der Waals surface area contributed by atoms with E-state index in [9.17, 15) is 0 Å². The molecule has 4 heteroatoms. The van der Waals surface area contributed by atoms with Gasteiger partial charge in [0.25, 0.3) is 0 Å². The molecule has 0 aromatic carbocycles. The van der Waals surface area contributed by atoms with E-state index in [1.165, 1.54) is 19.3 Å². The maximum absolute atomic E-state index is 5.92. The van der Waals surface area contributed by atoms with Gasteiger partial charge in [0.05, 0.1) is 5.69 Å². The SMILES string of the molecule is CCC1CCN(Cc2ccc(Br)cn2)C(CN)C1. The molecule has 1 fully saturated rings. The molecule has 2 N–H and O–H groups in total. The molecular weight excluding hydrogens is 290 g/mol. The number of pyridine rings is 1. The molecule has 2 heterocycles. The number of nitrogens with two attached hydrogens (primary N) is 1. The topological polar surface area (TPSA) is 42.2 Å². The normalized spacial score (nSPS) is 25.3. The van der Waals surface area contributed by atoms with Gasteiger partial charge >= 0.3 is 0 Å². The Morgan fingerprint density at radius 1 is 1.50 bits per heavy atom. The van der Waals surface area contributed by atoms with Crippen LogP contribution in [0.1, 0.15) is 31.9 Å². The second-order valence-corrected chi connectivity index (χ2v) is 6.04. The minimum absolute atomic E-state index is 0.522. The fourth-order valence-electron chi connectivity index (χ4n) is 2.71. The largest absolute Gasteiger partial charge is 0.329 e. The first-order valence-corrected chi connectivity index (χ1v) is 7.56. The Morgan fingerprint density at radius 2 is 2.33 bits per heavy atom. The van der Waals surface area contributed by atoms with Crippen LogP contribution in [0, 0.1) is 5.92 Å². The average Bonchev–Trinajstić information content (AvgIpc) is 2.41. The van der Waals surface area contributed by atoms with Gasteiger partial charge in [-0.1, -0.05) is 13.3 Å². The van der Waals surface area contributed by atoms with E-state index in [1.807, 2.05) is 6.20 Å². The van der Waals surface area contributed by atoms with Crippen LogP contribution in [0.15, 0.2) is 22.8 Å². The maximum Gasteiger partial charge on any atom is 0.0544 e. The smallest absolute Gasteiger partial charge is 0.0544 e. The predicted molar refractivity (Wildman–Crippen MR) is 78.2 cm³/mol. The zero-order valence-electron chi connectivity index (χ0n) is 11.0. The standard InChI is InChI=1S/C14H22BrN3/c1-2-11-5-6-18(14(7-11)8-16)10-13-4-3-12(15)9-17-13/h3-4,9,11,14H,2,5-8,10,16H2,1H3. The molecule has 18 heavy (non-hydrogen) atoms. The first-order chi connectivity index (χ1) is 8.72. The minimum atomic E-state index is 0.522. The lowest BCUT2D eigenvalue weighted by Gasteiger charge is -2.38. The molecule has 2 atom stereocenters. The van der Waals surface area contributed by atoms with Crippen molar-refractivity contribution < 1.29 is 0 Å². The summed E-state index contributed by atoms with van der Waals surface area (Å²) < 4.78 is 1.03. The number of rotatable bonds is 4. The lowest BCUT2D eigenvalue weighted by molar-refractivity contribution is 0.106. The van der Waals surface area contributed by atoms with Gasteiger partial charge in [-0.15, -0.1) is 0 Å². The van der Waals surface area contributed by atoms with Gasteiger partial charge in [-0.2, -0.15) is 0 Å². The summed E-state index contributed by atoms with van der Waals surface area (Å²) in [4.78, 5) is 6.94. The Kier molecular flexibility index (Phi) is 5.15. The summed E-state index contributed by atoms with van der Waals surface area (Å²) >= 11 is 3.42. The van der Waals surface area contributed by atoms with E-state index in [2.05, 4.69) is 44.9 Å². The molecule has 2 rings (SSSR count). The monoisotopic (exact) mass is 311 g/mol. The van der Waals surface area contributed by atoms with Gasteiger partial charge < -0.3 is 5.73 Å². The molecule has 0 amide bonds. The molecular formula is C14H22BrN3. The van der Waals surface area contributed by atoms with Crippen LogP contribution in [0.2, 0.25) is 0 Å². The molecule has 0 spiro atoms. The van der Waals surface area contributed by atoms with Crippen LogP contribution in [-0.2, 0) is 6.54 Å². The number of likely N-dealkylation sites (tertiary alicyclic amines) is 1. The van der Waals surface area contributed by atoms with Crippen molar-refractivity contribution in [2.24, 2.45) is 11.7 Å². The van der Waals surface area contributed by atoms with Crippen LogP contribution in [-0.4, -0.2) is 29.0 Å². The number of halogens is 1. The lowest BCUT2D eigenvalue weighted by Crippen LogP contribution is -2.46. The van der Waals surface area contributed by atoms with Crippen molar-refractivity contribution >= 4 is 15.9 Å². The maximum atomic E-state index is 5.92. The molecule has 0 saturated carbocycles. The van der Waals surface area contributed by atoms with Gasteiger partial charge in [0.1, 0.15) is 0 Å². The van der Waals surface area contributed by atoms with Gasteiger partial charge in [0.15, 0.2) is 0 Å². The molecule has 2 unspecified atom stereocenters. The zero-order valence-corrected chi connectivity index (χ0v) is 12.6. The van der Waals surface area contributed by atoms with Crippen molar-refractivity contribution in [3.8, 4) is 0 Å². The number of nitrogens with zero attached hydrogens (tertiary/aromatic N) is 2. The zero-order chi connectivity index (χ0) is 13.0. The van der Waals surface area contributed by atoms with E-state index in [0.29, 0.717) is 6.04 Å². The highest BCUT2D eigenvalue weighted by Crippen LogP contribution is 2.26. The second kappa shape index (κ2) is 6.64. The van der Waals surface area contributed by atoms with Gasteiger partial charge in [0.2, 0.25) is 0 Å². The van der Waals surface area contributed by atoms with Crippen LogP contribution in [0.3, 0.4) is 0 Å². The molecule has 0 aliphatic carbocycles. The van der Waals surface area contributed by atoms with Crippen LogP contribution >= 0.6 is 15.9 Å². The number of hydrogen-bond donors (Lipinski definition) is 1. The summed E-state index contributed by atoms with van der Waals surface area (Å²) in [5.41, 5.74) is 7.05. The third-order valence-corrected chi connectivity index (χ3v) is 4.42. The highest BCUT2D eigenvalue weighted by Gasteiger charge is 2.26. The molecule has 1 aliphatic rings. The van der Waals surface area contributed by atoms with Gasteiger partial charge in [-0.25, -0.2) is 0 Å². The minimum Gasteiger partial charge on any atom is -0.329 e. The molecule has 100 valence electrons. The molecule has 0 radical (unpaired) electrons. The van der Waals surface area contributed by atoms with Gasteiger partial charge in [0, 0.05) is 29.8 Å². The van der Waals surface area contributed by atoms with E-state index < -0.39 is 0 Å². The van der Waals surface area contributed by atoms with Crippen molar-refractivity contribution in [3.05, 3.63) is 28.5 Å². The van der Waals surface area contributed by atoms with E-state index in [-0.39, 0.29) is 0 Å². The van der Waals surface area contributed by atoms with Gasteiger partial charge in [-0.3, -0.25) is 9.88 Å². The summed E-state index contributed by atoms with van der Waals surface area (Å²) in [7, 11) is 0. The summed E-state index contributed by atoms with van der Waals surface area (Å²) in [5, 5.41) is 0. The number of piperidine rings is 1. The quantitative estimate of drug-likeness (QED) is 0.929. The molecule has 1 aromatic heterocycles. The summed E-state index contributed by atoms with van der Waals surface area (Å²) in [5.74, 6) is 0.854. The molecule has 3 nitrogen and oxygen atoms in total. The Morgan fingerprint density at radius 3 is 2.94 bits per heavy atom. The van der Waals surface area contributed by atoms with Crippen LogP contribution in [0.25, 0.3) is 0 Å². The molecule has 0 bridgehead atoms. The predicted octanol–water partition coefficient (Wildman–Crippen LogP) is 2.79. The van der Waals surface area contributed by atoms with Crippen molar-refractivity contribution in [2.75, 3.05) is 13.1 Å². The van der Waals surface area contributed by atoms with Gasteiger partial charge in [-0.05, 0) is 53.4 Å². The average molecular weight is 312 g/mol. The summed E-state index contributed by atoms with van der Waals surface area (Å²) in [6, 6.07) is 4.66. The Balaban J connectivity index is 1.97. The van der Waals surface area contributed by atoms with Crippen molar-refractivity contribution in [1.82, 2.24) is 9.88 Å². The first-order valence-electron chi connectivity index (χ1n) is 6.77. The molecule has 1 saturated heterocycles. The summed E-state index contributed by atoms with van der Waals surface area (Å²) in [6.45, 7) is 5.11. The molecule has 1 aliphatic heterocycles. The van der Waals surface area contributed by atoms with Crippen molar-refractivity contribution in [1.29, 1.82) is 0 Å². The van der Waals surface area contributed by atoms with Crippen LogP contribution < -0.4 is 5.73 Å². The second-order valence-electron chi connectivity index (χ2n) is 5.13. The van der Waals surface area contributed by atoms with Crippen molar-refractivity contribution in [3.63, 3.8) is 0 Å². The Bertz CT molecular complexity index is 366. The Hall–Kier alpha value is -0.450. The summed E-state index contributed by atoms with van der Waals surface area (Å²) in [6.07, 6.45) is 5.68. The van der Waals surface area contributed by atoms with Crippen molar-refractivity contribution in [2.45, 2.75) is 38.8 Å². The number of hydrogen-bond acceptors (Lipinski definition) is 3. The third-order valence-electron chi connectivity index (χ3n) is 3.95. The fourth-order valence-corrected chi connectivity index (χ4v) is 2.95. The fraction of sp³-hybridized carbons (Fsp3) is 0.643. The van der Waals surface area contributed by atoms with Crippen LogP contribution in [0.4, 0.5) is 0 Å². The van der Waals surface area contributed by atoms with E-state index in [4.69, 9.17) is 5.73 Å². The third kappa shape index (κ3) is 3.53. The van der Waals surface area contributed by atoms with E-state index in [0.717, 1.165) is 35.7 Å². The van der Waals surface area contributed by atoms with E-state index >= 15 is 0 Å². The lowest BCUT2D eigenvalue weighted by atomic mass is 9.89. The van der Waals surface area contributed by atoms with E-state index in [1.54, 1.807) is 0 Å². The Labute approximate surface area is 118 Å². The highest BCUT2D eigenvalue weighted by molar-refractivity contribution is 9.10. The first kappa shape index (κ1) is 14.0. The molecule has 1 aromatic rings. The van der Waals surface area contributed by atoms with Crippen LogP contribution in [0.5, 0.6) is 0 Å². The highest BCUT2D eigenvalue weighted by atomic mass is 79.9.